The Morgan fingerprint density at radius 2 is 2.12 bits per heavy atom. The molecule has 0 bridgehead atoms. The van der Waals surface area contributed by atoms with E-state index < -0.39 is 10.2 Å². The zero-order valence-electron chi connectivity index (χ0n) is 9.41. The van der Waals surface area contributed by atoms with Gasteiger partial charge in [0.1, 0.15) is 0 Å². The van der Waals surface area contributed by atoms with Crippen molar-refractivity contribution in [3.63, 3.8) is 0 Å². The Morgan fingerprint density at radius 1 is 1.35 bits per heavy atom. The zero-order valence-corrected chi connectivity index (χ0v) is 10.2. The Morgan fingerprint density at radius 3 is 2.76 bits per heavy atom. The number of aromatic nitrogens is 3. The van der Waals surface area contributed by atoms with Crippen LogP contribution in [0.4, 0.5) is 0 Å². The molecule has 1 saturated heterocycles. The highest BCUT2D eigenvalue weighted by Gasteiger charge is 2.22. The van der Waals surface area contributed by atoms with Crippen LogP contribution in [0.2, 0.25) is 0 Å². The van der Waals surface area contributed by atoms with Crippen molar-refractivity contribution in [1.29, 1.82) is 0 Å². The van der Waals surface area contributed by atoms with Crippen LogP contribution < -0.4 is 10.0 Å². The molecule has 1 aromatic rings. The van der Waals surface area contributed by atoms with E-state index in [0.717, 1.165) is 0 Å². The second-order valence-electron chi connectivity index (χ2n) is 3.71. The Balaban J connectivity index is 1.80. The summed E-state index contributed by atoms with van der Waals surface area (Å²) in [6.45, 7) is 3.21. The fraction of sp³-hybridized carbons (Fsp3) is 0.750. The van der Waals surface area contributed by atoms with Gasteiger partial charge in [-0.05, 0) is 0 Å². The van der Waals surface area contributed by atoms with E-state index in [0.29, 0.717) is 39.3 Å². The van der Waals surface area contributed by atoms with Crippen LogP contribution in [0, 0.1) is 0 Å². The smallest absolute Gasteiger partial charge is 0.279 e. The number of nitrogens with zero attached hydrogens (tertiary/aromatic N) is 4. The summed E-state index contributed by atoms with van der Waals surface area (Å²) < 4.78 is 29.3. The van der Waals surface area contributed by atoms with Crippen molar-refractivity contribution >= 4 is 10.2 Å². The molecule has 0 radical (unpaired) electrons. The lowest BCUT2D eigenvalue weighted by Crippen LogP contribution is -2.50. The molecule has 0 aliphatic carbocycles. The highest BCUT2D eigenvalue weighted by molar-refractivity contribution is 7.87. The Hall–Kier alpha value is -1.03. The van der Waals surface area contributed by atoms with Crippen LogP contribution >= 0.6 is 0 Å². The molecule has 8 nitrogen and oxygen atoms in total. The fourth-order valence-corrected chi connectivity index (χ4v) is 2.81. The number of hydrogen-bond acceptors (Lipinski definition) is 5. The molecular formula is C8H16N6O2S. The van der Waals surface area contributed by atoms with Crippen molar-refractivity contribution in [2.75, 3.05) is 32.7 Å². The van der Waals surface area contributed by atoms with Gasteiger partial charge in [-0.1, -0.05) is 5.21 Å². The van der Waals surface area contributed by atoms with Crippen LogP contribution in [-0.2, 0) is 16.8 Å². The molecule has 0 spiro atoms. The van der Waals surface area contributed by atoms with Gasteiger partial charge >= 0.3 is 0 Å². The standard InChI is InChI=1S/C8H16N6O2S/c15-17(16,14-7-1-9-2-8-14)11-4-6-13-5-3-10-12-13/h3,5,9,11H,1-2,4,6-8H2. The van der Waals surface area contributed by atoms with Gasteiger partial charge in [0.05, 0.1) is 12.7 Å². The van der Waals surface area contributed by atoms with Gasteiger partial charge in [-0.3, -0.25) is 4.68 Å². The molecule has 0 aromatic carbocycles. The van der Waals surface area contributed by atoms with Crippen molar-refractivity contribution in [2.45, 2.75) is 6.54 Å². The van der Waals surface area contributed by atoms with Crippen LogP contribution in [-0.4, -0.2) is 60.4 Å². The Kier molecular flexibility index (Phi) is 4.05. The third kappa shape index (κ3) is 3.46. The number of rotatable bonds is 5. The molecule has 1 fully saturated rings. The maximum atomic E-state index is 11.9. The quantitative estimate of drug-likeness (QED) is 0.640. The predicted octanol–water partition coefficient (Wildman–Crippen LogP) is -1.98. The molecule has 9 heteroatoms. The Labute approximate surface area is 100 Å². The molecule has 0 unspecified atom stereocenters. The molecule has 2 rings (SSSR count). The second kappa shape index (κ2) is 5.54. The number of hydrogen-bond donors (Lipinski definition) is 2. The largest absolute Gasteiger partial charge is 0.314 e. The van der Waals surface area contributed by atoms with Crippen LogP contribution in [0.5, 0.6) is 0 Å². The van der Waals surface area contributed by atoms with E-state index in [2.05, 4.69) is 20.4 Å². The SMILES string of the molecule is O=S(=O)(NCCn1ccnn1)N1CCNCC1. The average molecular weight is 260 g/mol. The molecule has 0 atom stereocenters. The molecule has 0 saturated carbocycles. The summed E-state index contributed by atoms with van der Waals surface area (Å²) in [5, 5.41) is 10.5. The lowest BCUT2D eigenvalue weighted by Gasteiger charge is -2.26. The topological polar surface area (TPSA) is 92.1 Å². The average Bonchev–Trinajstić information content (AvgIpc) is 2.83. The minimum atomic E-state index is -3.35. The molecule has 1 aromatic heterocycles. The molecule has 1 aliphatic rings. The van der Waals surface area contributed by atoms with Crippen molar-refractivity contribution in [1.82, 2.24) is 29.3 Å². The zero-order chi connectivity index (χ0) is 12.1. The summed E-state index contributed by atoms with van der Waals surface area (Å²) in [4.78, 5) is 0. The van der Waals surface area contributed by atoms with Crippen molar-refractivity contribution in [2.24, 2.45) is 0 Å². The van der Waals surface area contributed by atoms with E-state index in [1.165, 1.54) is 4.31 Å². The van der Waals surface area contributed by atoms with Crippen LogP contribution in [0.25, 0.3) is 0 Å². The van der Waals surface area contributed by atoms with E-state index >= 15 is 0 Å². The molecule has 0 amide bonds. The number of piperazine rings is 1. The van der Waals surface area contributed by atoms with Crippen molar-refractivity contribution in [3.05, 3.63) is 12.4 Å². The van der Waals surface area contributed by atoms with Gasteiger partial charge in [-0.15, -0.1) is 5.10 Å². The second-order valence-corrected chi connectivity index (χ2v) is 5.47. The lowest BCUT2D eigenvalue weighted by atomic mass is 10.4. The normalized spacial score (nSPS) is 18.4. The highest BCUT2D eigenvalue weighted by Crippen LogP contribution is 1.99. The van der Waals surface area contributed by atoms with Crippen LogP contribution in [0.3, 0.4) is 0 Å². The molecule has 2 heterocycles. The summed E-state index contributed by atoms with van der Waals surface area (Å²) in [6, 6.07) is 0. The molecule has 96 valence electrons. The molecule has 1 aliphatic heterocycles. The molecular weight excluding hydrogens is 244 g/mol. The van der Waals surface area contributed by atoms with E-state index in [1.807, 2.05) is 0 Å². The van der Waals surface area contributed by atoms with Crippen LogP contribution in [0.1, 0.15) is 0 Å². The maximum Gasteiger partial charge on any atom is 0.279 e. The minimum absolute atomic E-state index is 0.315. The van der Waals surface area contributed by atoms with E-state index in [1.54, 1.807) is 17.1 Å². The fourth-order valence-electron chi connectivity index (χ4n) is 1.62. The van der Waals surface area contributed by atoms with Crippen molar-refractivity contribution in [3.8, 4) is 0 Å². The first-order valence-corrected chi connectivity index (χ1v) is 6.92. The molecule has 17 heavy (non-hydrogen) atoms. The van der Waals surface area contributed by atoms with Gasteiger partial charge in [0.15, 0.2) is 0 Å². The van der Waals surface area contributed by atoms with Gasteiger partial charge in [0, 0.05) is 38.9 Å². The maximum absolute atomic E-state index is 11.9. The van der Waals surface area contributed by atoms with E-state index in [9.17, 15) is 8.42 Å². The first-order valence-electron chi connectivity index (χ1n) is 5.48. The first kappa shape index (κ1) is 12.4. The summed E-state index contributed by atoms with van der Waals surface area (Å²) in [6.07, 6.45) is 3.25. The third-order valence-corrected chi connectivity index (χ3v) is 4.13. The van der Waals surface area contributed by atoms with Gasteiger partial charge in [0.2, 0.25) is 0 Å². The summed E-state index contributed by atoms with van der Waals surface area (Å²) in [5.74, 6) is 0. The minimum Gasteiger partial charge on any atom is -0.314 e. The van der Waals surface area contributed by atoms with Gasteiger partial charge in [-0.25, -0.2) is 4.72 Å². The summed E-state index contributed by atoms with van der Waals surface area (Å²) in [5.41, 5.74) is 0. The van der Waals surface area contributed by atoms with Crippen LogP contribution in [0.15, 0.2) is 12.4 Å². The van der Waals surface area contributed by atoms with Gasteiger partial charge < -0.3 is 5.32 Å². The lowest BCUT2D eigenvalue weighted by molar-refractivity contribution is 0.354. The number of nitrogens with one attached hydrogen (secondary N) is 2. The highest BCUT2D eigenvalue weighted by atomic mass is 32.2. The van der Waals surface area contributed by atoms with Crippen molar-refractivity contribution < 1.29 is 8.42 Å². The Bertz CT molecular complexity index is 425. The summed E-state index contributed by atoms with van der Waals surface area (Å²) in [7, 11) is -3.35. The third-order valence-electron chi connectivity index (χ3n) is 2.51. The van der Waals surface area contributed by atoms with E-state index in [4.69, 9.17) is 0 Å². The molecule has 2 N–H and O–H groups in total. The predicted molar refractivity (Wildman–Crippen MR) is 61.4 cm³/mol. The monoisotopic (exact) mass is 260 g/mol. The van der Waals surface area contributed by atoms with Gasteiger partial charge in [0.25, 0.3) is 10.2 Å². The van der Waals surface area contributed by atoms with E-state index in [-0.39, 0.29) is 0 Å². The summed E-state index contributed by atoms with van der Waals surface area (Å²) >= 11 is 0. The first-order chi connectivity index (χ1) is 8.18. The van der Waals surface area contributed by atoms with Gasteiger partial charge in [-0.2, -0.15) is 12.7 Å².